The van der Waals surface area contributed by atoms with Crippen molar-refractivity contribution in [2.45, 2.75) is 78.6 Å². The second-order valence-electron chi connectivity index (χ2n) is 10.3. The summed E-state index contributed by atoms with van der Waals surface area (Å²) < 4.78 is 0. The molecule has 0 saturated heterocycles. The quantitative estimate of drug-likeness (QED) is 0.397. The Balaban J connectivity index is 1.79. The van der Waals surface area contributed by atoms with E-state index in [9.17, 15) is 15.3 Å². The number of hydrogen-bond acceptors (Lipinski definition) is 3. The lowest BCUT2D eigenvalue weighted by Crippen LogP contribution is -2.33. The van der Waals surface area contributed by atoms with Crippen molar-refractivity contribution in [2.24, 2.45) is 0 Å². The lowest BCUT2D eigenvalue weighted by molar-refractivity contribution is 0.313. The van der Waals surface area contributed by atoms with Crippen LogP contribution in [-0.4, -0.2) is 15.3 Å². The van der Waals surface area contributed by atoms with E-state index in [4.69, 9.17) is 0 Å². The minimum Gasteiger partial charge on any atom is -0.507 e. The molecule has 0 aromatic heterocycles. The molecule has 0 aliphatic heterocycles. The van der Waals surface area contributed by atoms with Crippen LogP contribution < -0.4 is 0 Å². The summed E-state index contributed by atoms with van der Waals surface area (Å²) in [6.45, 7) is 11.8. The summed E-state index contributed by atoms with van der Waals surface area (Å²) in [7, 11) is 0. The molecule has 4 rings (SSSR count). The summed E-state index contributed by atoms with van der Waals surface area (Å²) in [6.07, 6.45) is 4.07. The van der Waals surface area contributed by atoms with Gasteiger partial charge in [-0.2, -0.15) is 0 Å². The highest BCUT2D eigenvalue weighted by Crippen LogP contribution is 2.51. The molecule has 0 amide bonds. The third-order valence-electron chi connectivity index (χ3n) is 7.91. The van der Waals surface area contributed by atoms with Crippen LogP contribution in [0.3, 0.4) is 0 Å². The number of aromatic hydroxyl groups is 3. The van der Waals surface area contributed by atoms with Crippen LogP contribution in [-0.2, 0) is 5.41 Å². The lowest BCUT2D eigenvalue weighted by Gasteiger charge is -2.42. The molecule has 1 aliphatic carbocycles. The molecule has 1 saturated carbocycles. The fourth-order valence-electron chi connectivity index (χ4n) is 5.88. The van der Waals surface area contributed by atoms with Crippen LogP contribution in [0.15, 0.2) is 36.4 Å². The van der Waals surface area contributed by atoms with Crippen molar-refractivity contribution < 1.29 is 15.3 Å². The SMILES string of the molecule is Cc1cc(C2CCC(c3cc(C)c(O)c(C)c3)(c3cc(C)c(O)c(C)c3)CC2)cc(C)c1O. The molecule has 1 fully saturated rings. The van der Waals surface area contributed by atoms with Gasteiger partial charge in [0.2, 0.25) is 0 Å². The van der Waals surface area contributed by atoms with Crippen LogP contribution in [0.25, 0.3) is 0 Å². The third-order valence-corrected chi connectivity index (χ3v) is 7.91. The average Bonchev–Trinajstić information content (AvgIpc) is 2.78. The Bertz CT molecular complexity index is 1080. The molecule has 174 valence electrons. The zero-order valence-corrected chi connectivity index (χ0v) is 20.7. The highest BCUT2D eigenvalue weighted by atomic mass is 16.3. The van der Waals surface area contributed by atoms with Crippen LogP contribution in [0, 0.1) is 41.5 Å². The Morgan fingerprint density at radius 3 is 1.18 bits per heavy atom. The normalized spacial score (nSPS) is 16.2. The molecule has 33 heavy (non-hydrogen) atoms. The Hall–Kier alpha value is -2.94. The predicted molar refractivity (Wildman–Crippen MR) is 135 cm³/mol. The fourth-order valence-corrected chi connectivity index (χ4v) is 5.88. The first kappa shape index (κ1) is 23.2. The number of hydrogen-bond donors (Lipinski definition) is 3. The summed E-state index contributed by atoms with van der Waals surface area (Å²) in [5.74, 6) is 1.59. The average molecular weight is 445 g/mol. The van der Waals surface area contributed by atoms with E-state index < -0.39 is 0 Å². The van der Waals surface area contributed by atoms with Gasteiger partial charge in [-0.15, -0.1) is 0 Å². The molecule has 0 unspecified atom stereocenters. The van der Waals surface area contributed by atoms with Gasteiger partial charge in [0.1, 0.15) is 17.2 Å². The Morgan fingerprint density at radius 2 is 0.848 bits per heavy atom. The van der Waals surface area contributed by atoms with Crippen LogP contribution in [0.5, 0.6) is 17.2 Å². The molecule has 0 radical (unpaired) electrons. The molecule has 3 aromatic rings. The van der Waals surface area contributed by atoms with E-state index in [1.54, 1.807) is 0 Å². The summed E-state index contributed by atoms with van der Waals surface area (Å²) in [6, 6.07) is 12.9. The first-order chi connectivity index (χ1) is 15.5. The molecule has 0 heterocycles. The molecule has 0 atom stereocenters. The number of phenolic OH excluding ortho intramolecular Hbond substituents is 3. The van der Waals surface area contributed by atoms with Gasteiger partial charge in [0.05, 0.1) is 0 Å². The fraction of sp³-hybridized carbons (Fsp3) is 0.400. The third kappa shape index (κ3) is 3.99. The van der Waals surface area contributed by atoms with Crippen molar-refractivity contribution in [1.29, 1.82) is 0 Å². The number of rotatable bonds is 3. The van der Waals surface area contributed by atoms with E-state index in [1.165, 1.54) is 16.7 Å². The van der Waals surface area contributed by atoms with E-state index in [0.29, 0.717) is 23.2 Å². The standard InChI is InChI=1S/C30H36O3/c1-17-11-24(12-18(2)27(17)31)23-7-9-30(10-8-23,25-13-19(3)28(32)20(4)14-25)26-15-21(5)29(33)22(6)16-26/h11-16,23,31-33H,7-10H2,1-6H3. The lowest BCUT2D eigenvalue weighted by atomic mass is 9.61. The maximum Gasteiger partial charge on any atom is 0.121 e. The predicted octanol–water partition coefficient (Wildman–Crippen LogP) is 7.30. The first-order valence-electron chi connectivity index (χ1n) is 11.9. The van der Waals surface area contributed by atoms with E-state index in [0.717, 1.165) is 59.1 Å². The minimum atomic E-state index is -0.163. The Labute approximate surface area is 197 Å². The molecule has 3 aromatic carbocycles. The minimum absolute atomic E-state index is 0.163. The number of aryl methyl sites for hydroxylation is 6. The first-order valence-corrected chi connectivity index (χ1v) is 11.9. The van der Waals surface area contributed by atoms with E-state index in [1.807, 2.05) is 41.5 Å². The van der Waals surface area contributed by atoms with Crippen LogP contribution >= 0.6 is 0 Å². The molecular formula is C30H36O3. The molecule has 0 spiro atoms. The van der Waals surface area contributed by atoms with Crippen molar-refractivity contribution in [3.05, 3.63) is 86.5 Å². The maximum atomic E-state index is 10.4. The summed E-state index contributed by atoms with van der Waals surface area (Å²) >= 11 is 0. The van der Waals surface area contributed by atoms with Gasteiger partial charge in [0, 0.05) is 5.41 Å². The van der Waals surface area contributed by atoms with Gasteiger partial charge in [0.15, 0.2) is 0 Å². The molecular weight excluding hydrogens is 408 g/mol. The zero-order valence-electron chi connectivity index (χ0n) is 20.7. The van der Waals surface area contributed by atoms with Crippen molar-refractivity contribution >= 4 is 0 Å². The summed E-state index contributed by atoms with van der Waals surface area (Å²) in [5.41, 5.74) is 9.15. The van der Waals surface area contributed by atoms with Gasteiger partial charge in [-0.3, -0.25) is 0 Å². The van der Waals surface area contributed by atoms with Gasteiger partial charge in [-0.05, 0) is 123 Å². The molecule has 1 aliphatic rings. The van der Waals surface area contributed by atoms with Crippen molar-refractivity contribution in [1.82, 2.24) is 0 Å². The van der Waals surface area contributed by atoms with E-state index in [2.05, 4.69) is 36.4 Å². The highest BCUT2D eigenvalue weighted by Gasteiger charge is 2.40. The monoisotopic (exact) mass is 444 g/mol. The molecule has 3 N–H and O–H groups in total. The largest absolute Gasteiger partial charge is 0.507 e. The summed E-state index contributed by atoms with van der Waals surface area (Å²) in [4.78, 5) is 0. The van der Waals surface area contributed by atoms with E-state index in [-0.39, 0.29) is 5.41 Å². The smallest absolute Gasteiger partial charge is 0.121 e. The maximum absolute atomic E-state index is 10.4. The van der Waals surface area contributed by atoms with Crippen LogP contribution in [0.2, 0.25) is 0 Å². The van der Waals surface area contributed by atoms with Crippen molar-refractivity contribution in [3.8, 4) is 17.2 Å². The van der Waals surface area contributed by atoms with E-state index >= 15 is 0 Å². The van der Waals surface area contributed by atoms with Crippen LogP contribution in [0.4, 0.5) is 0 Å². The van der Waals surface area contributed by atoms with Crippen molar-refractivity contribution in [2.75, 3.05) is 0 Å². The number of phenols is 3. The van der Waals surface area contributed by atoms with Gasteiger partial charge >= 0.3 is 0 Å². The summed E-state index contributed by atoms with van der Waals surface area (Å²) in [5, 5.41) is 31.1. The van der Waals surface area contributed by atoms with Gasteiger partial charge < -0.3 is 15.3 Å². The number of benzene rings is 3. The Kier molecular flexibility index (Phi) is 5.94. The second kappa shape index (κ2) is 8.44. The van der Waals surface area contributed by atoms with Crippen molar-refractivity contribution in [3.63, 3.8) is 0 Å². The topological polar surface area (TPSA) is 60.7 Å². The molecule has 0 bridgehead atoms. The zero-order chi connectivity index (χ0) is 24.1. The second-order valence-corrected chi connectivity index (χ2v) is 10.3. The van der Waals surface area contributed by atoms with Crippen LogP contribution in [0.1, 0.15) is 81.7 Å². The Morgan fingerprint density at radius 1 is 0.545 bits per heavy atom. The highest BCUT2D eigenvalue weighted by molar-refractivity contribution is 5.53. The van der Waals surface area contributed by atoms with Gasteiger partial charge in [-0.25, -0.2) is 0 Å². The van der Waals surface area contributed by atoms with Gasteiger partial charge in [-0.1, -0.05) is 36.4 Å². The molecule has 3 nitrogen and oxygen atoms in total. The van der Waals surface area contributed by atoms with Gasteiger partial charge in [0.25, 0.3) is 0 Å². The molecule has 3 heteroatoms.